The van der Waals surface area contributed by atoms with Crippen molar-refractivity contribution in [2.45, 2.75) is 26.4 Å². The van der Waals surface area contributed by atoms with Crippen molar-refractivity contribution >= 4 is 41.0 Å². The van der Waals surface area contributed by atoms with Gasteiger partial charge in [-0.25, -0.2) is 9.67 Å². The number of hydrogen-bond acceptors (Lipinski definition) is 3. The predicted octanol–water partition coefficient (Wildman–Crippen LogP) is 3.90. The van der Waals surface area contributed by atoms with Crippen molar-refractivity contribution in [1.29, 1.82) is 0 Å². The number of imidazole rings is 1. The number of aryl methyl sites for hydroxylation is 2. The number of guanidine groups is 1. The number of nitrogens with zero attached hydrogens (tertiary/aromatic N) is 5. The average molecular weight is 529 g/mol. The Kier molecular flexibility index (Phi) is 8.05. The number of fused-ring (bicyclic) bond motifs is 1. The molecule has 0 atom stereocenters. The fourth-order valence-corrected chi connectivity index (χ4v) is 3.50. The topological polar surface area (TPSA) is 72.1 Å². The maximum absolute atomic E-state index is 4.63. The molecule has 31 heavy (non-hydrogen) atoms. The van der Waals surface area contributed by atoms with E-state index in [0.29, 0.717) is 6.54 Å². The van der Waals surface area contributed by atoms with Gasteiger partial charge in [0.05, 0.1) is 29.0 Å². The lowest BCUT2D eigenvalue weighted by Crippen LogP contribution is -2.37. The molecule has 2 heterocycles. The Morgan fingerprint density at radius 3 is 2.58 bits per heavy atom. The first-order chi connectivity index (χ1) is 14.7. The number of benzene rings is 2. The van der Waals surface area contributed by atoms with Crippen molar-refractivity contribution in [3.63, 3.8) is 0 Å². The van der Waals surface area contributed by atoms with E-state index in [4.69, 9.17) is 0 Å². The lowest BCUT2D eigenvalue weighted by Gasteiger charge is -2.12. The van der Waals surface area contributed by atoms with Crippen LogP contribution in [-0.2, 0) is 13.1 Å². The maximum Gasteiger partial charge on any atom is 0.191 e. The van der Waals surface area contributed by atoms with E-state index in [2.05, 4.69) is 55.4 Å². The van der Waals surface area contributed by atoms with Gasteiger partial charge in [-0.2, -0.15) is 5.10 Å². The zero-order chi connectivity index (χ0) is 20.8. The average Bonchev–Trinajstić information content (AvgIpc) is 3.38. The summed E-state index contributed by atoms with van der Waals surface area (Å²) in [6, 6.07) is 20.4. The van der Waals surface area contributed by atoms with Gasteiger partial charge in [0.15, 0.2) is 5.96 Å². The van der Waals surface area contributed by atoms with Gasteiger partial charge >= 0.3 is 0 Å². The summed E-state index contributed by atoms with van der Waals surface area (Å²) in [5, 5.41) is 11.3. The molecule has 8 heteroatoms. The molecule has 0 spiro atoms. The van der Waals surface area contributed by atoms with E-state index in [1.165, 1.54) is 5.52 Å². The monoisotopic (exact) mass is 529 g/mol. The van der Waals surface area contributed by atoms with Crippen LogP contribution in [0.15, 0.2) is 71.9 Å². The molecule has 0 saturated carbocycles. The molecule has 4 rings (SSSR count). The minimum absolute atomic E-state index is 0. The van der Waals surface area contributed by atoms with Gasteiger partial charge in [0.2, 0.25) is 0 Å². The lowest BCUT2D eigenvalue weighted by atomic mass is 10.3. The SMILES string of the molecule is CN=C(NCCCn1c(C)nc2ccccc21)NCc1ccn(-c2ccccc2)n1.I. The molecule has 0 aliphatic carbocycles. The first-order valence-corrected chi connectivity index (χ1v) is 10.2. The summed E-state index contributed by atoms with van der Waals surface area (Å²) in [6.07, 6.45) is 2.95. The third-order valence-electron chi connectivity index (χ3n) is 5.02. The largest absolute Gasteiger partial charge is 0.356 e. The highest BCUT2D eigenvalue weighted by atomic mass is 127. The highest BCUT2D eigenvalue weighted by molar-refractivity contribution is 14.0. The van der Waals surface area contributed by atoms with Crippen molar-refractivity contribution in [3.8, 4) is 5.69 Å². The molecule has 0 saturated heterocycles. The van der Waals surface area contributed by atoms with Gasteiger partial charge in [-0.3, -0.25) is 4.99 Å². The molecule has 0 aliphatic rings. The van der Waals surface area contributed by atoms with Gasteiger partial charge in [0.1, 0.15) is 5.82 Å². The first-order valence-electron chi connectivity index (χ1n) is 10.2. The Hall–Kier alpha value is -2.88. The molecule has 2 aromatic carbocycles. The zero-order valence-electron chi connectivity index (χ0n) is 17.8. The van der Waals surface area contributed by atoms with E-state index < -0.39 is 0 Å². The van der Waals surface area contributed by atoms with Crippen LogP contribution >= 0.6 is 24.0 Å². The summed E-state index contributed by atoms with van der Waals surface area (Å²) < 4.78 is 4.15. The highest BCUT2D eigenvalue weighted by Crippen LogP contribution is 2.15. The molecule has 0 bridgehead atoms. The minimum Gasteiger partial charge on any atom is -0.356 e. The van der Waals surface area contributed by atoms with Crippen LogP contribution in [0.3, 0.4) is 0 Å². The van der Waals surface area contributed by atoms with Crippen LogP contribution < -0.4 is 10.6 Å². The summed E-state index contributed by atoms with van der Waals surface area (Å²) in [6.45, 7) is 4.41. The number of hydrogen-bond donors (Lipinski definition) is 2. The fraction of sp³-hybridized carbons (Fsp3) is 0.261. The van der Waals surface area contributed by atoms with Gasteiger partial charge in [-0.15, -0.1) is 24.0 Å². The zero-order valence-corrected chi connectivity index (χ0v) is 20.2. The third kappa shape index (κ3) is 5.63. The van der Waals surface area contributed by atoms with Crippen molar-refractivity contribution in [1.82, 2.24) is 30.0 Å². The second-order valence-corrected chi connectivity index (χ2v) is 7.09. The number of nitrogens with one attached hydrogen (secondary N) is 2. The maximum atomic E-state index is 4.63. The summed E-state index contributed by atoms with van der Waals surface area (Å²) in [5.74, 6) is 1.82. The van der Waals surface area contributed by atoms with Crippen LogP contribution in [0.4, 0.5) is 0 Å². The number of aromatic nitrogens is 4. The van der Waals surface area contributed by atoms with Crippen molar-refractivity contribution in [3.05, 3.63) is 78.4 Å². The smallest absolute Gasteiger partial charge is 0.191 e. The molecule has 0 unspecified atom stereocenters. The van der Waals surface area contributed by atoms with Crippen LogP contribution in [0.25, 0.3) is 16.7 Å². The van der Waals surface area contributed by atoms with E-state index >= 15 is 0 Å². The van der Waals surface area contributed by atoms with Gasteiger partial charge in [0.25, 0.3) is 0 Å². The first kappa shape index (κ1) is 22.8. The Morgan fingerprint density at radius 2 is 1.77 bits per heavy atom. The van der Waals surface area contributed by atoms with Crippen LogP contribution in [0.5, 0.6) is 0 Å². The van der Waals surface area contributed by atoms with Gasteiger partial charge in [0, 0.05) is 26.3 Å². The van der Waals surface area contributed by atoms with Gasteiger partial charge in [-0.1, -0.05) is 30.3 Å². The van der Waals surface area contributed by atoms with Crippen molar-refractivity contribution < 1.29 is 0 Å². The molecule has 2 N–H and O–H groups in total. The Morgan fingerprint density at radius 1 is 1.00 bits per heavy atom. The van der Waals surface area contributed by atoms with Crippen LogP contribution in [0.2, 0.25) is 0 Å². The summed E-state index contributed by atoms with van der Waals surface area (Å²) in [7, 11) is 1.78. The molecule has 162 valence electrons. The fourth-order valence-electron chi connectivity index (χ4n) is 3.50. The number of aliphatic imine (C=N–C) groups is 1. The van der Waals surface area contributed by atoms with E-state index in [9.17, 15) is 0 Å². The number of para-hydroxylation sites is 3. The van der Waals surface area contributed by atoms with Crippen molar-refractivity contribution in [2.24, 2.45) is 4.99 Å². The molecule has 0 fully saturated rings. The normalized spacial score (nSPS) is 11.4. The second kappa shape index (κ2) is 10.9. The lowest BCUT2D eigenvalue weighted by molar-refractivity contribution is 0.623. The molecular weight excluding hydrogens is 501 g/mol. The standard InChI is InChI=1S/C23H27N7.HI/c1-18-27-21-11-6-7-12-22(21)29(18)15-8-14-25-23(24-2)26-17-19-13-16-30(28-19)20-9-4-3-5-10-20;/h3-7,9-13,16H,8,14-15,17H2,1-2H3,(H2,24,25,26);1H. The Labute approximate surface area is 199 Å². The molecular formula is C23H28IN7. The van der Waals surface area contributed by atoms with Crippen LogP contribution in [-0.4, -0.2) is 38.9 Å². The van der Waals surface area contributed by atoms with Gasteiger partial charge < -0.3 is 15.2 Å². The quantitative estimate of drug-likeness (QED) is 0.165. The van der Waals surface area contributed by atoms with Crippen molar-refractivity contribution in [2.75, 3.05) is 13.6 Å². The summed E-state index contributed by atoms with van der Waals surface area (Å²) in [4.78, 5) is 8.94. The summed E-state index contributed by atoms with van der Waals surface area (Å²) >= 11 is 0. The van der Waals surface area contributed by atoms with Gasteiger partial charge in [-0.05, 0) is 43.7 Å². The van der Waals surface area contributed by atoms with E-state index in [1.807, 2.05) is 53.3 Å². The van der Waals surface area contributed by atoms with Crippen LogP contribution in [0, 0.1) is 6.92 Å². The molecule has 0 amide bonds. The molecule has 4 aromatic rings. The van der Waals surface area contributed by atoms with Crippen LogP contribution in [0.1, 0.15) is 17.9 Å². The molecule has 0 aliphatic heterocycles. The second-order valence-electron chi connectivity index (χ2n) is 7.09. The Balaban J connectivity index is 0.00000272. The summed E-state index contributed by atoms with van der Waals surface area (Å²) in [5.41, 5.74) is 4.25. The number of rotatable bonds is 7. The van der Waals surface area contributed by atoms with E-state index in [-0.39, 0.29) is 24.0 Å². The number of halogens is 1. The molecule has 7 nitrogen and oxygen atoms in total. The Bertz CT molecular complexity index is 1130. The third-order valence-corrected chi connectivity index (χ3v) is 5.02. The molecule has 0 radical (unpaired) electrons. The van der Waals surface area contributed by atoms with E-state index in [1.54, 1.807) is 7.05 Å². The highest BCUT2D eigenvalue weighted by Gasteiger charge is 2.07. The minimum atomic E-state index is 0. The molecule has 2 aromatic heterocycles. The van der Waals surface area contributed by atoms with E-state index in [0.717, 1.165) is 48.2 Å². The predicted molar refractivity (Wildman–Crippen MR) is 136 cm³/mol.